The van der Waals surface area contributed by atoms with Crippen molar-refractivity contribution in [2.45, 2.75) is 19.9 Å². The fourth-order valence-electron chi connectivity index (χ4n) is 1.01. The van der Waals surface area contributed by atoms with Gasteiger partial charge in [-0.05, 0) is 18.1 Å². The number of hydrogen-bond acceptors (Lipinski definition) is 4. The van der Waals surface area contributed by atoms with Crippen molar-refractivity contribution in [2.24, 2.45) is 5.92 Å². The van der Waals surface area contributed by atoms with Gasteiger partial charge in [0.05, 0.1) is 12.6 Å². The summed E-state index contributed by atoms with van der Waals surface area (Å²) in [4.78, 5) is 0. The van der Waals surface area contributed by atoms with E-state index in [0.717, 1.165) is 0 Å². The molecule has 0 aliphatic rings. The topological polar surface area (TPSA) is 58.0 Å². The van der Waals surface area contributed by atoms with Gasteiger partial charge in [-0.15, -0.1) is 10.2 Å². The van der Waals surface area contributed by atoms with Gasteiger partial charge in [0.2, 0.25) is 0 Å². The standard InChI is InChI=1S/C9H14ClN3O/c1-6(2)7(5-14)11-9-4-3-8(10)12-13-9/h3-4,6-7,14H,5H2,1-2H3,(H,11,13)/t7-/m1/s1. The third kappa shape index (κ3) is 3.12. The summed E-state index contributed by atoms with van der Waals surface area (Å²) < 4.78 is 0. The summed E-state index contributed by atoms with van der Waals surface area (Å²) in [6.07, 6.45) is 0. The third-order valence-corrected chi connectivity index (χ3v) is 2.17. The lowest BCUT2D eigenvalue weighted by Crippen LogP contribution is -2.29. The van der Waals surface area contributed by atoms with Crippen LogP contribution in [0.4, 0.5) is 5.82 Å². The van der Waals surface area contributed by atoms with Gasteiger partial charge in [-0.1, -0.05) is 25.4 Å². The van der Waals surface area contributed by atoms with E-state index in [0.29, 0.717) is 16.9 Å². The van der Waals surface area contributed by atoms with Crippen LogP contribution in [0.25, 0.3) is 0 Å². The first kappa shape index (κ1) is 11.2. The molecule has 0 amide bonds. The number of halogens is 1. The van der Waals surface area contributed by atoms with Gasteiger partial charge in [0.25, 0.3) is 0 Å². The van der Waals surface area contributed by atoms with Crippen molar-refractivity contribution >= 4 is 17.4 Å². The van der Waals surface area contributed by atoms with Crippen molar-refractivity contribution in [2.75, 3.05) is 11.9 Å². The second-order valence-corrected chi connectivity index (χ2v) is 3.81. The molecule has 0 bridgehead atoms. The van der Waals surface area contributed by atoms with Gasteiger partial charge >= 0.3 is 0 Å². The van der Waals surface area contributed by atoms with Crippen LogP contribution in [0.5, 0.6) is 0 Å². The van der Waals surface area contributed by atoms with Crippen LogP contribution in [-0.2, 0) is 0 Å². The summed E-state index contributed by atoms with van der Waals surface area (Å²) in [5, 5.41) is 20.1. The molecule has 0 spiro atoms. The zero-order valence-corrected chi connectivity index (χ0v) is 8.99. The Labute approximate surface area is 88.3 Å². The highest BCUT2D eigenvalue weighted by Gasteiger charge is 2.12. The highest BCUT2D eigenvalue weighted by atomic mass is 35.5. The lowest BCUT2D eigenvalue weighted by Gasteiger charge is -2.19. The van der Waals surface area contributed by atoms with E-state index in [1.807, 2.05) is 13.8 Å². The Balaban J connectivity index is 2.63. The van der Waals surface area contributed by atoms with Crippen molar-refractivity contribution in [3.8, 4) is 0 Å². The molecule has 4 nitrogen and oxygen atoms in total. The molecule has 0 fully saturated rings. The number of aromatic nitrogens is 2. The van der Waals surface area contributed by atoms with Gasteiger partial charge < -0.3 is 10.4 Å². The number of nitrogens with one attached hydrogen (secondary N) is 1. The molecule has 0 saturated carbocycles. The van der Waals surface area contributed by atoms with Crippen LogP contribution < -0.4 is 5.32 Å². The van der Waals surface area contributed by atoms with E-state index >= 15 is 0 Å². The number of rotatable bonds is 4. The quantitative estimate of drug-likeness (QED) is 0.801. The van der Waals surface area contributed by atoms with Gasteiger partial charge in [0.1, 0.15) is 5.82 Å². The van der Waals surface area contributed by atoms with Gasteiger partial charge in [-0.3, -0.25) is 0 Å². The van der Waals surface area contributed by atoms with Gasteiger partial charge in [0.15, 0.2) is 5.15 Å². The molecule has 14 heavy (non-hydrogen) atoms. The predicted octanol–water partition coefficient (Wildman–Crippen LogP) is 1.56. The number of hydrogen-bond donors (Lipinski definition) is 2. The van der Waals surface area contributed by atoms with Crippen LogP contribution in [0.3, 0.4) is 0 Å². The Kier molecular flexibility index (Phi) is 4.10. The van der Waals surface area contributed by atoms with Crippen LogP contribution >= 0.6 is 11.6 Å². The number of aliphatic hydroxyl groups excluding tert-OH is 1. The molecule has 1 heterocycles. The fraction of sp³-hybridized carbons (Fsp3) is 0.556. The summed E-state index contributed by atoms with van der Waals surface area (Å²) in [5.74, 6) is 0.958. The Morgan fingerprint density at radius 3 is 2.57 bits per heavy atom. The average Bonchev–Trinajstić information content (AvgIpc) is 2.16. The van der Waals surface area contributed by atoms with E-state index in [2.05, 4.69) is 15.5 Å². The first-order chi connectivity index (χ1) is 6.63. The van der Waals surface area contributed by atoms with Gasteiger partial charge in [-0.25, -0.2) is 0 Å². The van der Waals surface area contributed by atoms with Crippen molar-refractivity contribution in [1.29, 1.82) is 0 Å². The van der Waals surface area contributed by atoms with Crippen LogP contribution in [0.15, 0.2) is 12.1 Å². The molecule has 0 saturated heterocycles. The van der Waals surface area contributed by atoms with Crippen LogP contribution in [0.2, 0.25) is 5.15 Å². The van der Waals surface area contributed by atoms with Crippen LogP contribution in [0.1, 0.15) is 13.8 Å². The van der Waals surface area contributed by atoms with E-state index in [1.165, 1.54) is 0 Å². The lowest BCUT2D eigenvalue weighted by molar-refractivity contribution is 0.249. The first-order valence-corrected chi connectivity index (χ1v) is 4.88. The largest absolute Gasteiger partial charge is 0.394 e. The minimum absolute atomic E-state index is 0.00882. The van der Waals surface area contributed by atoms with E-state index in [-0.39, 0.29) is 12.6 Å². The van der Waals surface area contributed by atoms with E-state index in [9.17, 15) is 0 Å². The maximum absolute atomic E-state index is 9.08. The molecule has 78 valence electrons. The Hall–Kier alpha value is -0.870. The van der Waals surface area contributed by atoms with Crippen LogP contribution in [0, 0.1) is 5.92 Å². The molecular formula is C9H14ClN3O. The maximum atomic E-state index is 9.08. The molecule has 1 atom stereocenters. The normalized spacial score (nSPS) is 12.9. The molecule has 2 N–H and O–H groups in total. The minimum Gasteiger partial charge on any atom is -0.394 e. The van der Waals surface area contributed by atoms with E-state index in [4.69, 9.17) is 16.7 Å². The highest BCUT2D eigenvalue weighted by molar-refractivity contribution is 6.29. The van der Waals surface area contributed by atoms with E-state index < -0.39 is 0 Å². The molecule has 0 aliphatic heterocycles. The minimum atomic E-state index is -0.00882. The van der Waals surface area contributed by atoms with Crippen molar-refractivity contribution in [1.82, 2.24) is 10.2 Å². The number of aliphatic hydroxyl groups is 1. The summed E-state index contributed by atoms with van der Waals surface area (Å²) in [6.45, 7) is 4.12. The third-order valence-electron chi connectivity index (χ3n) is 1.97. The Morgan fingerprint density at radius 2 is 2.14 bits per heavy atom. The summed E-state index contributed by atoms with van der Waals surface area (Å²) in [5.41, 5.74) is 0. The molecule has 0 aromatic carbocycles. The molecule has 1 aromatic heterocycles. The summed E-state index contributed by atoms with van der Waals surface area (Å²) in [7, 11) is 0. The smallest absolute Gasteiger partial charge is 0.151 e. The maximum Gasteiger partial charge on any atom is 0.151 e. The molecule has 5 heteroatoms. The molecule has 1 rings (SSSR count). The SMILES string of the molecule is CC(C)[C@@H](CO)Nc1ccc(Cl)nn1. The second kappa shape index (κ2) is 5.12. The highest BCUT2D eigenvalue weighted by Crippen LogP contribution is 2.10. The lowest BCUT2D eigenvalue weighted by atomic mass is 10.1. The van der Waals surface area contributed by atoms with Crippen molar-refractivity contribution in [3.63, 3.8) is 0 Å². The molecule has 0 radical (unpaired) electrons. The first-order valence-electron chi connectivity index (χ1n) is 4.50. The zero-order chi connectivity index (χ0) is 10.6. The summed E-state index contributed by atoms with van der Waals surface area (Å²) in [6, 6.07) is 3.39. The number of nitrogens with zero attached hydrogens (tertiary/aromatic N) is 2. The molecule has 0 aliphatic carbocycles. The predicted molar refractivity (Wildman–Crippen MR) is 56.4 cm³/mol. The Bertz CT molecular complexity index is 276. The van der Waals surface area contributed by atoms with Crippen LogP contribution in [-0.4, -0.2) is 28.0 Å². The Morgan fingerprint density at radius 1 is 1.43 bits per heavy atom. The second-order valence-electron chi connectivity index (χ2n) is 3.42. The molecule has 1 aromatic rings. The fourth-order valence-corrected chi connectivity index (χ4v) is 1.11. The number of anilines is 1. The van der Waals surface area contributed by atoms with Gasteiger partial charge in [-0.2, -0.15) is 0 Å². The molecular weight excluding hydrogens is 202 g/mol. The monoisotopic (exact) mass is 215 g/mol. The van der Waals surface area contributed by atoms with Gasteiger partial charge in [0, 0.05) is 0 Å². The summed E-state index contributed by atoms with van der Waals surface area (Å²) >= 11 is 5.59. The zero-order valence-electron chi connectivity index (χ0n) is 8.24. The van der Waals surface area contributed by atoms with Crippen molar-refractivity contribution < 1.29 is 5.11 Å². The van der Waals surface area contributed by atoms with Crippen molar-refractivity contribution in [3.05, 3.63) is 17.3 Å². The van der Waals surface area contributed by atoms with E-state index in [1.54, 1.807) is 12.1 Å². The molecule has 0 unspecified atom stereocenters. The average molecular weight is 216 g/mol.